The van der Waals surface area contributed by atoms with Gasteiger partial charge in [-0.1, -0.05) is 25.3 Å². The predicted molar refractivity (Wildman–Crippen MR) is 112 cm³/mol. The SMILES string of the molecule is CN(C1CCCCC1)S(=O)(=O)N1CCN(Cc2cc(=O)n3ccccc3n2)CC1. The van der Waals surface area contributed by atoms with Gasteiger partial charge in [0.25, 0.3) is 15.8 Å². The molecule has 0 atom stereocenters. The summed E-state index contributed by atoms with van der Waals surface area (Å²) in [6, 6.07) is 7.17. The summed E-state index contributed by atoms with van der Waals surface area (Å²) in [4.78, 5) is 19.0. The maximum atomic E-state index is 13.0. The number of fused-ring (bicyclic) bond motifs is 1. The number of rotatable bonds is 5. The fourth-order valence-corrected chi connectivity index (χ4v) is 5.92. The Morgan fingerprint density at radius 3 is 2.55 bits per heavy atom. The molecular formula is C20H29N5O3S. The highest BCUT2D eigenvalue weighted by Gasteiger charge is 2.34. The zero-order chi connectivity index (χ0) is 20.4. The third-order valence-corrected chi connectivity index (χ3v) is 8.16. The van der Waals surface area contributed by atoms with Crippen LogP contribution in [0.1, 0.15) is 37.8 Å². The van der Waals surface area contributed by atoms with Crippen molar-refractivity contribution < 1.29 is 8.42 Å². The molecule has 1 saturated carbocycles. The quantitative estimate of drug-likeness (QED) is 0.731. The summed E-state index contributed by atoms with van der Waals surface area (Å²) in [5, 5.41) is 0. The molecule has 2 aromatic heterocycles. The van der Waals surface area contributed by atoms with E-state index in [0.29, 0.717) is 38.4 Å². The Labute approximate surface area is 171 Å². The first-order valence-corrected chi connectivity index (χ1v) is 11.8. The zero-order valence-corrected chi connectivity index (χ0v) is 17.7. The highest BCUT2D eigenvalue weighted by Crippen LogP contribution is 2.25. The van der Waals surface area contributed by atoms with Gasteiger partial charge in [0.1, 0.15) is 5.65 Å². The van der Waals surface area contributed by atoms with Crippen LogP contribution in [-0.4, -0.2) is 70.6 Å². The van der Waals surface area contributed by atoms with E-state index < -0.39 is 10.2 Å². The standard InChI is InChI=1S/C20H29N5O3S/c1-22(18-7-3-2-4-8-18)29(27,28)24-13-11-23(12-14-24)16-17-15-20(26)25-10-6-5-9-19(25)21-17/h5-6,9-10,15,18H,2-4,7-8,11-14,16H2,1H3. The first kappa shape index (κ1) is 20.5. The van der Waals surface area contributed by atoms with Crippen LogP contribution < -0.4 is 5.56 Å². The van der Waals surface area contributed by atoms with E-state index in [1.165, 1.54) is 10.8 Å². The molecule has 29 heavy (non-hydrogen) atoms. The summed E-state index contributed by atoms with van der Waals surface area (Å²) in [6.07, 6.45) is 7.04. The first-order chi connectivity index (χ1) is 13.9. The molecule has 2 aliphatic rings. The largest absolute Gasteiger partial charge is 0.295 e. The lowest BCUT2D eigenvalue weighted by Gasteiger charge is -2.38. The minimum absolute atomic E-state index is 0.0964. The van der Waals surface area contributed by atoms with Crippen LogP contribution in [0, 0.1) is 0 Å². The molecule has 3 heterocycles. The summed E-state index contributed by atoms with van der Waals surface area (Å²) in [7, 11) is -1.70. The van der Waals surface area contributed by atoms with Crippen LogP contribution >= 0.6 is 0 Å². The molecule has 2 fully saturated rings. The molecular weight excluding hydrogens is 390 g/mol. The summed E-state index contributed by atoms with van der Waals surface area (Å²) >= 11 is 0. The molecule has 1 aliphatic carbocycles. The third kappa shape index (κ3) is 4.37. The minimum atomic E-state index is -3.42. The van der Waals surface area contributed by atoms with Crippen molar-refractivity contribution in [3.63, 3.8) is 0 Å². The Hall–Kier alpha value is -1.81. The molecule has 0 N–H and O–H groups in total. The maximum Gasteiger partial charge on any atom is 0.282 e. The second-order valence-electron chi connectivity index (χ2n) is 8.01. The molecule has 158 valence electrons. The Morgan fingerprint density at radius 1 is 1.10 bits per heavy atom. The van der Waals surface area contributed by atoms with Gasteiger partial charge in [-0.15, -0.1) is 0 Å². The van der Waals surface area contributed by atoms with Crippen LogP contribution in [0.25, 0.3) is 5.65 Å². The molecule has 0 radical (unpaired) electrons. The summed E-state index contributed by atoms with van der Waals surface area (Å²) in [6.45, 7) is 2.74. The monoisotopic (exact) mass is 419 g/mol. The van der Waals surface area contributed by atoms with Crippen LogP contribution in [-0.2, 0) is 16.8 Å². The van der Waals surface area contributed by atoms with Crippen molar-refractivity contribution in [1.82, 2.24) is 22.9 Å². The lowest BCUT2D eigenvalue weighted by atomic mass is 9.96. The molecule has 0 unspecified atom stereocenters. The van der Waals surface area contributed by atoms with Gasteiger partial charge < -0.3 is 0 Å². The second kappa shape index (κ2) is 8.51. The number of pyridine rings is 1. The lowest BCUT2D eigenvalue weighted by molar-refractivity contribution is 0.169. The van der Waals surface area contributed by atoms with Gasteiger partial charge in [0.15, 0.2) is 0 Å². The van der Waals surface area contributed by atoms with E-state index in [0.717, 1.165) is 31.4 Å². The summed E-state index contributed by atoms with van der Waals surface area (Å²) in [5.74, 6) is 0. The number of hydrogen-bond donors (Lipinski definition) is 0. The van der Waals surface area contributed by atoms with E-state index in [1.807, 2.05) is 12.1 Å². The lowest BCUT2D eigenvalue weighted by Crippen LogP contribution is -2.54. The second-order valence-corrected chi connectivity index (χ2v) is 9.99. The fraction of sp³-hybridized carbons (Fsp3) is 0.600. The Balaban J connectivity index is 1.38. The predicted octanol–water partition coefficient (Wildman–Crippen LogP) is 1.32. The van der Waals surface area contributed by atoms with Gasteiger partial charge in [-0.2, -0.15) is 17.0 Å². The van der Waals surface area contributed by atoms with Gasteiger partial charge in [0, 0.05) is 58.1 Å². The molecule has 0 bridgehead atoms. The highest BCUT2D eigenvalue weighted by atomic mass is 32.2. The van der Waals surface area contributed by atoms with Gasteiger partial charge in [0.2, 0.25) is 0 Å². The van der Waals surface area contributed by atoms with Gasteiger partial charge in [-0.05, 0) is 25.0 Å². The topological polar surface area (TPSA) is 78.2 Å². The molecule has 2 aromatic rings. The van der Waals surface area contributed by atoms with Crippen molar-refractivity contribution in [2.24, 2.45) is 0 Å². The molecule has 9 heteroatoms. The average Bonchev–Trinajstić information content (AvgIpc) is 2.74. The van der Waals surface area contributed by atoms with Crippen LogP contribution in [0.2, 0.25) is 0 Å². The van der Waals surface area contributed by atoms with Crippen LogP contribution in [0.3, 0.4) is 0 Å². The van der Waals surface area contributed by atoms with E-state index in [-0.39, 0.29) is 11.6 Å². The number of nitrogens with zero attached hydrogens (tertiary/aromatic N) is 5. The highest BCUT2D eigenvalue weighted by molar-refractivity contribution is 7.86. The molecule has 0 aromatic carbocycles. The van der Waals surface area contributed by atoms with Crippen LogP contribution in [0.15, 0.2) is 35.3 Å². The van der Waals surface area contributed by atoms with E-state index in [2.05, 4.69) is 9.88 Å². The third-order valence-electron chi connectivity index (χ3n) is 6.12. The van der Waals surface area contributed by atoms with Crippen molar-refractivity contribution in [2.75, 3.05) is 33.2 Å². The molecule has 1 aliphatic heterocycles. The molecule has 8 nitrogen and oxygen atoms in total. The van der Waals surface area contributed by atoms with Crippen molar-refractivity contribution >= 4 is 15.9 Å². The van der Waals surface area contributed by atoms with Crippen molar-refractivity contribution in [3.8, 4) is 0 Å². The normalized spacial score (nSPS) is 20.5. The average molecular weight is 420 g/mol. The number of aromatic nitrogens is 2. The summed E-state index contributed by atoms with van der Waals surface area (Å²) in [5.41, 5.74) is 1.25. The van der Waals surface area contributed by atoms with Crippen LogP contribution in [0.5, 0.6) is 0 Å². The Kier molecular flexibility index (Phi) is 6.00. The van der Waals surface area contributed by atoms with Gasteiger partial charge in [-0.25, -0.2) is 4.98 Å². The van der Waals surface area contributed by atoms with E-state index in [1.54, 1.807) is 34.0 Å². The minimum Gasteiger partial charge on any atom is -0.295 e. The van der Waals surface area contributed by atoms with E-state index in [4.69, 9.17) is 0 Å². The van der Waals surface area contributed by atoms with Crippen molar-refractivity contribution in [3.05, 3.63) is 46.5 Å². The smallest absolute Gasteiger partial charge is 0.282 e. The zero-order valence-electron chi connectivity index (χ0n) is 16.9. The molecule has 0 amide bonds. The molecule has 0 spiro atoms. The van der Waals surface area contributed by atoms with Gasteiger partial charge >= 0.3 is 0 Å². The van der Waals surface area contributed by atoms with Crippen molar-refractivity contribution in [2.45, 2.75) is 44.7 Å². The van der Waals surface area contributed by atoms with Crippen molar-refractivity contribution in [1.29, 1.82) is 0 Å². The molecule has 4 rings (SSSR count). The van der Waals surface area contributed by atoms with E-state index in [9.17, 15) is 13.2 Å². The summed E-state index contributed by atoms with van der Waals surface area (Å²) < 4.78 is 30.7. The number of piperazine rings is 1. The number of hydrogen-bond acceptors (Lipinski definition) is 5. The maximum absolute atomic E-state index is 13.0. The Morgan fingerprint density at radius 2 is 1.83 bits per heavy atom. The van der Waals surface area contributed by atoms with Gasteiger partial charge in [0.05, 0.1) is 5.69 Å². The first-order valence-electron chi connectivity index (χ1n) is 10.4. The molecule has 1 saturated heterocycles. The fourth-order valence-electron chi connectivity index (χ4n) is 4.35. The van der Waals surface area contributed by atoms with Gasteiger partial charge in [-0.3, -0.25) is 14.1 Å². The van der Waals surface area contributed by atoms with E-state index >= 15 is 0 Å². The Bertz CT molecular complexity index is 1010. The van der Waals surface area contributed by atoms with Crippen LogP contribution in [0.4, 0.5) is 0 Å².